The van der Waals surface area contributed by atoms with E-state index in [2.05, 4.69) is 0 Å². The molecule has 3 nitrogen and oxygen atoms in total. The van der Waals surface area contributed by atoms with Crippen molar-refractivity contribution in [2.45, 2.75) is 49.4 Å². The first-order chi connectivity index (χ1) is 14.1. The van der Waals surface area contributed by atoms with Gasteiger partial charge >= 0.3 is 6.09 Å². The Morgan fingerprint density at radius 1 is 1.13 bits per heavy atom. The molecule has 0 radical (unpaired) electrons. The summed E-state index contributed by atoms with van der Waals surface area (Å²) in [6.07, 6.45) is 1.03. The van der Waals surface area contributed by atoms with Gasteiger partial charge in [0.15, 0.2) is 0 Å². The first kappa shape index (κ1) is 22.9. The van der Waals surface area contributed by atoms with Crippen LogP contribution >= 0.6 is 23.4 Å². The van der Waals surface area contributed by atoms with E-state index < -0.39 is 17.2 Å². The molecule has 1 atom stereocenters. The molecule has 3 rings (SSSR count). The van der Waals surface area contributed by atoms with Crippen LogP contribution in [-0.2, 0) is 4.74 Å². The van der Waals surface area contributed by atoms with Gasteiger partial charge in [0.1, 0.15) is 17.2 Å². The van der Waals surface area contributed by atoms with Gasteiger partial charge in [-0.05, 0) is 82.0 Å². The summed E-state index contributed by atoms with van der Waals surface area (Å²) in [5.74, 6) is -0.794. The second-order valence-electron chi connectivity index (χ2n) is 8.46. The van der Waals surface area contributed by atoms with E-state index in [0.717, 1.165) is 11.0 Å². The van der Waals surface area contributed by atoms with Crippen molar-refractivity contribution in [2.24, 2.45) is 5.92 Å². The molecule has 2 aromatic carbocycles. The van der Waals surface area contributed by atoms with Crippen LogP contribution in [0.25, 0.3) is 0 Å². The third-order valence-electron chi connectivity index (χ3n) is 4.96. The number of rotatable bonds is 4. The smallest absolute Gasteiger partial charge is 0.410 e. The topological polar surface area (TPSA) is 29.5 Å². The summed E-state index contributed by atoms with van der Waals surface area (Å²) in [5.41, 5.74) is -0.198. The fourth-order valence-corrected chi connectivity index (χ4v) is 5.00. The highest BCUT2D eigenvalue weighted by Crippen LogP contribution is 2.46. The molecule has 30 heavy (non-hydrogen) atoms. The Kier molecular flexibility index (Phi) is 7.30. The molecule has 0 bridgehead atoms. The molecule has 1 aliphatic heterocycles. The van der Waals surface area contributed by atoms with Gasteiger partial charge in [0.05, 0.1) is 0 Å². The highest BCUT2D eigenvalue weighted by atomic mass is 35.5. The number of amides is 1. The quantitative estimate of drug-likeness (QED) is 0.462. The van der Waals surface area contributed by atoms with Crippen LogP contribution in [0.5, 0.6) is 0 Å². The number of hydrogen-bond acceptors (Lipinski definition) is 3. The summed E-state index contributed by atoms with van der Waals surface area (Å²) in [4.78, 5) is 15.0. The number of nitrogens with zero attached hydrogens (tertiary/aromatic N) is 1. The molecule has 1 saturated heterocycles. The number of carbonyl (C=O) groups excluding carboxylic acids is 1. The number of halogens is 3. The van der Waals surface area contributed by atoms with Gasteiger partial charge in [-0.1, -0.05) is 11.6 Å². The van der Waals surface area contributed by atoms with Gasteiger partial charge < -0.3 is 9.64 Å². The van der Waals surface area contributed by atoms with E-state index in [0.29, 0.717) is 36.5 Å². The highest BCUT2D eigenvalue weighted by molar-refractivity contribution is 7.99. The molecule has 7 heteroatoms. The number of piperidine rings is 1. The number of benzene rings is 2. The molecule has 1 aliphatic rings. The average Bonchev–Trinajstić information content (AvgIpc) is 2.68. The fourth-order valence-electron chi connectivity index (χ4n) is 3.52. The summed E-state index contributed by atoms with van der Waals surface area (Å²) in [6.45, 7) is 6.55. The minimum Gasteiger partial charge on any atom is -0.444 e. The van der Waals surface area contributed by atoms with Gasteiger partial charge in [0.25, 0.3) is 0 Å². The van der Waals surface area contributed by atoms with Crippen LogP contribution in [0.1, 0.15) is 44.4 Å². The van der Waals surface area contributed by atoms with Crippen molar-refractivity contribution >= 4 is 29.5 Å². The number of carbonyl (C=O) groups is 1. The third-order valence-corrected chi connectivity index (χ3v) is 6.65. The van der Waals surface area contributed by atoms with Crippen molar-refractivity contribution in [2.75, 3.05) is 13.1 Å². The molecule has 162 valence electrons. The summed E-state index contributed by atoms with van der Waals surface area (Å²) in [7, 11) is 0. The van der Waals surface area contributed by atoms with Gasteiger partial charge in [-0.15, -0.1) is 11.8 Å². The number of hydrogen-bond donors (Lipinski definition) is 0. The zero-order valence-electron chi connectivity index (χ0n) is 17.3. The molecular weight excluding hydrogens is 428 g/mol. The maximum atomic E-state index is 14.6. The zero-order chi connectivity index (χ0) is 21.9. The van der Waals surface area contributed by atoms with E-state index in [-0.39, 0.29) is 17.3 Å². The Bertz CT molecular complexity index is 878. The summed E-state index contributed by atoms with van der Waals surface area (Å²) < 4.78 is 34.0. The molecule has 0 spiro atoms. The van der Waals surface area contributed by atoms with Crippen LogP contribution in [0.3, 0.4) is 0 Å². The molecule has 0 saturated carbocycles. The second-order valence-corrected chi connectivity index (χ2v) is 10.1. The van der Waals surface area contributed by atoms with Gasteiger partial charge in [-0.3, -0.25) is 0 Å². The van der Waals surface area contributed by atoms with Crippen LogP contribution in [0.2, 0.25) is 5.02 Å². The lowest BCUT2D eigenvalue weighted by atomic mass is 9.89. The van der Waals surface area contributed by atoms with Gasteiger partial charge in [-0.2, -0.15) is 0 Å². The molecular formula is C23H26ClF2NO2S. The Hall–Kier alpha value is -1.79. The van der Waals surface area contributed by atoms with Crippen molar-refractivity contribution in [1.82, 2.24) is 4.90 Å². The zero-order valence-corrected chi connectivity index (χ0v) is 18.9. The lowest BCUT2D eigenvalue weighted by Gasteiger charge is -2.36. The molecule has 2 aromatic rings. The second kappa shape index (κ2) is 9.56. The summed E-state index contributed by atoms with van der Waals surface area (Å²) in [6, 6.07) is 10.9. The minimum atomic E-state index is -0.550. The van der Waals surface area contributed by atoms with E-state index >= 15 is 0 Å². The number of thioether (sulfide) groups is 1. The lowest BCUT2D eigenvalue weighted by Crippen LogP contribution is -2.42. The van der Waals surface area contributed by atoms with Crippen molar-refractivity contribution in [3.63, 3.8) is 0 Å². The third kappa shape index (κ3) is 6.11. The molecule has 0 aromatic heterocycles. The molecule has 0 aliphatic carbocycles. The predicted octanol–water partition coefficient (Wildman–Crippen LogP) is 7.10. The summed E-state index contributed by atoms with van der Waals surface area (Å²) >= 11 is 7.48. The van der Waals surface area contributed by atoms with Gasteiger partial charge in [0.2, 0.25) is 0 Å². The maximum absolute atomic E-state index is 14.6. The monoisotopic (exact) mass is 453 g/mol. The van der Waals surface area contributed by atoms with Gasteiger partial charge in [0, 0.05) is 33.8 Å². The fraction of sp³-hybridized carbons (Fsp3) is 0.435. The molecule has 1 heterocycles. The highest BCUT2D eigenvalue weighted by Gasteiger charge is 2.33. The Labute approximate surface area is 185 Å². The van der Waals surface area contributed by atoms with Crippen LogP contribution in [0.4, 0.5) is 13.6 Å². The van der Waals surface area contributed by atoms with Crippen LogP contribution in [-0.4, -0.2) is 29.7 Å². The normalized spacial score (nSPS) is 16.4. The van der Waals surface area contributed by atoms with E-state index in [4.69, 9.17) is 16.3 Å². The van der Waals surface area contributed by atoms with Crippen LogP contribution in [0.15, 0.2) is 47.4 Å². The van der Waals surface area contributed by atoms with Crippen LogP contribution < -0.4 is 0 Å². The lowest BCUT2D eigenvalue weighted by molar-refractivity contribution is 0.0183. The number of ether oxygens (including phenoxy) is 1. The molecule has 1 fully saturated rings. The predicted molar refractivity (Wildman–Crippen MR) is 117 cm³/mol. The van der Waals surface area contributed by atoms with Crippen molar-refractivity contribution in [3.8, 4) is 0 Å². The van der Waals surface area contributed by atoms with E-state index in [9.17, 15) is 13.6 Å². The van der Waals surface area contributed by atoms with Crippen LogP contribution in [0, 0.1) is 17.6 Å². The Morgan fingerprint density at radius 3 is 2.37 bits per heavy atom. The first-order valence-electron chi connectivity index (χ1n) is 9.97. The standard InChI is InChI=1S/C23H26ClF2NO2S/c1-23(2,3)29-22(28)27-12-10-15(11-13-27)21(19-14-17(25)6-9-20(19)26)30-18-7-4-16(24)5-8-18/h4-9,14-15,21H,10-13H2,1-3H3. The minimum absolute atomic E-state index is 0.0839. The molecule has 0 N–H and O–H groups in total. The SMILES string of the molecule is CC(C)(C)OC(=O)N1CCC(C(Sc2ccc(Cl)cc2)c2cc(F)ccc2F)CC1. The molecule has 1 amide bonds. The van der Waals surface area contributed by atoms with E-state index in [1.54, 1.807) is 17.0 Å². The Morgan fingerprint density at radius 2 is 1.77 bits per heavy atom. The number of likely N-dealkylation sites (tertiary alicyclic amines) is 1. The van der Waals surface area contributed by atoms with E-state index in [1.165, 1.54) is 23.9 Å². The largest absolute Gasteiger partial charge is 0.444 e. The van der Waals surface area contributed by atoms with E-state index in [1.807, 2.05) is 32.9 Å². The van der Waals surface area contributed by atoms with Crippen molar-refractivity contribution < 1.29 is 18.3 Å². The van der Waals surface area contributed by atoms with Crippen molar-refractivity contribution in [1.29, 1.82) is 0 Å². The Balaban J connectivity index is 1.78. The van der Waals surface area contributed by atoms with Gasteiger partial charge in [-0.25, -0.2) is 13.6 Å². The summed E-state index contributed by atoms with van der Waals surface area (Å²) in [5, 5.41) is 0.348. The van der Waals surface area contributed by atoms with Crippen molar-refractivity contribution in [3.05, 3.63) is 64.7 Å². The molecule has 1 unspecified atom stereocenters. The maximum Gasteiger partial charge on any atom is 0.410 e. The first-order valence-corrected chi connectivity index (χ1v) is 11.2. The average molecular weight is 454 g/mol.